The van der Waals surface area contributed by atoms with Crippen molar-refractivity contribution in [2.24, 2.45) is 0 Å². The third kappa shape index (κ3) is 2.59. The molecule has 0 bridgehead atoms. The molecule has 96 valence electrons. The molecule has 1 aliphatic heterocycles. The summed E-state index contributed by atoms with van der Waals surface area (Å²) in [5.74, 6) is 0.127. The third-order valence-electron chi connectivity index (χ3n) is 2.76. The second-order valence-electron chi connectivity index (χ2n) is 4.84. The molecule has 0 saturated carbocycles. The summed E-state index contributed by atoms with van der Waals surface area (Å²) in [4.78, 5) is 15.3. The highest BCUT2D eigenvalue weighted by atomic mass is 16.7. The minimum atomic E-state index is -0.637. The second kappa shape index (κ2) is 4.53. The minimum absolute atomic E-state index is 0.00213. The number of fused-ring (bicyclic) bond motifs is 1. The van der Waals surface area contributed by atoms with E-state index in [9.17, 15) is 4.79 Å². The summed E-state index contributed by atoms with van der Waals surface area (Å²) in [6, 6.07) is 0. The zero-order valence-corrected chi connectivity index (χ0v) is 11.1. The number of carbonyl (C=O) groups is 1. The van der Waals surface area contributed by atoms with Crippen LogP contribution < -0.4 is 4.74 Å². The molecule has 4 heteroatoms. The van der Waals surface area contributed by atoms with E-state index in [4.69, 9.17) is 9.47 Å². The van der Waals surface area contributed by atoms with Crippen molar-refractivity contribution in [2.75, 3.05) is 0 Å². The Balaban J connectivity index is 2.44. The van der Waals surface area contributed by atoms with Crippen molar-refractivity contribution >= 4 is 11.9 Å². The first-order valence-corrected chi connectivity index (χ1v) is 5.89. The lowest BCUT2D eigenvalue weighted by molar-refractivity contribution is -0.180. The maximum absolute atomic E-state index is 11.0. The van der Waals surface area contributed by atoms with Gasteiger partial charge in [-0.1, -0.05) is 0 Å². The lowest BCUT2D eigenvalue weighted by atomic mass is 10.1. The number of hydrogen-bond donors (Lipinski definition) is 0. The van der Waals surface area contributed by atoms with Crippen LogP contribution in [0, 0.1) is 6.92 Å². The van der Waals surface area contributed by atoms with Gasteiger partial charge in [-0.15, -0.1) is 0 Å². The highest BCUT2D eigenvalue weighted by molar-refractivity contribution is 5.91. The predicted octanol–water partition coefficient (Wildman–Crippen LogP) is 2.64. The van der Waals surface area contributed by atoms with Gasteiger partial charge in [0, 0.05) is 31.2 Å². The average molecular weight is 247 g/mol. The van der Waals surface area contributed by atoms with E-state index in [2.05, 4.69) is 4.98 Å². The molecule has 4 nitrogen and oxygen atoms in total. The first-order valence-electron chi connectivity index (χ1n) is 5.89. The van der Waals surface area contributed by atoms with Crippen molar-refractivity contribution in [1.29, 1.82) is 0 Å². The predicted molar refractivity (Wildman–Crippen MR) is 68.2 cm³/mol. The molecule has 1 aromatic heterocycles. The summed E-state index contributed by atoms with van der Waals surface area (Å²) < 4.78 is 11.4. The molecule has 2 heterocycles. The van der Waals surface area contributed by atoms with Crippen molar-refractivity contribution in [3.05, 3.63) is 29.1 Å². The summed E-state index contributed by atoms with van der Waals surface area (Å²) in [6.07, 6.45) is 5.00. The molecule has 0 saturated heterocycles. The standard InChI is InChI=1S/C14H17NO3/c1-9(16)5-6-11-7-15-10(2)13-12(11)8-17-14(3,4)18-13/h5-7H,8H2,1-4H3/b6-5+. The first kappa shape index (κ1) is 12.8. The Bertz CT molecular complexity index is 518. The molecule has 0 amide bonds. The summed E-state index contributed by atoms with van der Waals surface area (Å²) in [7, 11) is 0. The fourth-order valence-corrected chi connectivity index (χ4v) is 1.81. The van der Waals surface area contributed by atoms with Gasteiger partial charge in [0.1, 0.15) is 5.75 Å². The maximum Gasteiger partial charge on any atom is 0.205 e. The van der Waals surface area contributed by atoms with Gasteiger partial charge >= 0.3 is 0 Å². The number of nitrogens with zero attached hydrogens (tertiary/aromatic N) is 1. The van der Waals surface area contributed by atoms with Crippen LogP contribution in [0.3, 0.4) is 0 Å². The van der Waals surface area contributed by atoms with E-state index >= 15 is 0 Å². The van der Waals surface area contributed by atoms with Gasteiger partial charge in [0.2, 0.25) is 5.79 Å². The van der Waals surface area contributed by atoms with Crippen LogP contribution in [-0.4, -0.2) is 16.6 Å². The molecule has 0 atom stereocenters. The Morgan fingerprint density at radius 1 is 1.50 bits per heavy atom. The number of hydrogen-bond acceptors (Lipinski definition) is 4. The maximum atomic E-state index is 11.0. The van der Waals surface area contributed by atoms with Crippen molar-refractivity contribution in [1.82, 2.24) is 4.98 Å². The Morgan fingerprint density at radius 2 is 2.22 bits per heavy atom. The molecule has 1 aliphatic rings. The van der Waals surface area contributed by atoms with Crippen LogP contribution in [0.25, 0.3) is 6.08 Å². The van der Waals surface area contributed by atoms with Crippen molar-refractivity contribution < 1.29 is 14.3 Å². The van der Waals surface area contributed by atoms with Gasteiger partial charge in [-0.05, 0) is 26.0 Å². The molecule has 2 rings (SSSR count). The summed E-state index contributed by atoms with van der Waals surface area (Å²) in [5.41, 5.74) is 2.64. The van der Waals surface area contributed by atoms with Crippen LogP contribution in [0.1, 0.15) is 37.6 Å². The Kier molecular flexibility index (Phi) is 3.22. The van der Waals surface area contributed by atoms with Gasteiger partial charge in [-0.3, -0.25) is 9.78 Å². The van der Waals surface area contributed by atoms with Crippen LogP contribution in [0.2, 0.25) is 0 Å². The smallest absolute Gasteiger partial charge is 0.205 e. The van der Waals surface area contributed by atoms with E-state index in [1.807, 2.05) is 20.8 Å². The summed E-state index contributed by atoms with van der Waals surface area (Å²) >= 11 is 0. The summed E-state index contributed by atoms with van der Waals surface area (Å²) in [5, 5.41) is 0. The Morgan fingerprint density at radius 3 is 2.89 bits per heavy atom. The lowest BCUT2D eigenvalue weighted by Gasteiger charge is -2.33. The number of ether oxygens (including phenoxy) is 2. The number of aryl methyl sites for hydroxylation is 1. The third-order valence-corrected chi connectivity index (χ3v) is 2.76. The SMILES string of the molecule is CC(=O)/C=C/c1cnc(C)c2c1COC(C)(C)O2. The van der Waals surface area contributed by atoms with Crippen LogP contribution in [0.15, 0.2) is 12.3 Å². The second-order valence-corrected chi connectivity index (χ2v) is 4.84. The van der Waals surface area contributed by atoms with Gasteiger partial charge in [0.25, 0.3) is 0 Å². The van der Waals surface area contributed by atoms with E-state index in [1.165, 1.54) is 13.0 Å². The molecule has 0 radical (unpaired) electrons. The number of ketones is 1. The van der Waals surface area contributed by atoms with Gasteiger partial charge < -0.3 is 9.47 Å². The normalized spacial score (nSPS) is 17.3. The zero-order chi connectivity index (χ0) is 13.3. The zero-order valence-electron chi connectivity index (χ0n) is 11.1. The molecule has 18 heavy (non-hydrogen) atoms. The number of aromatic nitrogens is 1. The number of carbonyl (C=O) groups excluding carboxylic acids is 1. The topological polar surface area (TPSA) is 48.4 Å². The molecule has 1 aromatic rings. The average Bonchev–Trinajstić information content (AvgIpc) is 2.28. The summed E-state index contributed by atoms with van der Waals surface area (Å²) in [6.45, 7) is 7.61. The molecular weight excluding hydrogens is 230 g/mol. The van der Waals surface area contributed by atoms with Gasteiger partial charge in [0.15, 0.2) is 5.78 Å². The van der Waals surface area contributed by atoms with Crippen molar-refractivity contribution in [3.63, 3.8) is 0 Å². The highest BCUT2D eigenvalue weighted by Crippen LogP contribution is 2.35. The van der Waals surface area contributed by atoms with E-state index < -0.39 is 5.79 Å². The van der Waals surface area contributed by atoms with Crippen LogP contribution in [0.5, 0.6) is 5.75 Å². The Hall–Kier alpha value is -1.68. The first-order chi connectivity index (χ1) is 8.39. The van der Waals surface area contributed by atoms with E-state index in [0.29, 0.717) is 6.61 Å². The van der Waals surface area contributed by atoms with E-state index in [0.717, 1.165) is 22.6 Å². The van der Waals surface area contributed by atoms with Crippen molar-refractivity contribution in [2.45, 2.75) is 40.1 Å². The molecule has 0 spiro atoms. The number of pyridine rings is 1. The van der Waals surface area contributed by atoms with Gasteiger partial charge in [-0.25, -0.2) is 0 Å². The highest BCUT2D eigenvalue weighted by Gasteiger charge is 2.30. The fourth-order valence-electron chi connectivity index (χ4n) is 1.81. The lowest BCUT2D eigenvalue weighted by Crippen LogP contribution is -2.36. The molecule has 0 N–H and O–H groups in total. The molecule has 0 aliphatic carbocycles. The van der Waals surface area contributed by atoms with Crippen LogP contribution in [0.4, 0.5) is 0 Å². The largest absolute Gasteiger partial charge is 0.461 e. The monoisotopic (exact) mass is 247 g/mol. The van der Waals surface area contributed by atoms with Gasteiger partial charge in [-0.2, -0.15) is 0 Å². The number of rotatable bonds is 2. The molecule has 0 aromatic carbocycles. The Labute approximate surface area is 107 Å². The van der Waals surface area contributed by atoms with E-state index in [1.54, 1.807) is 12.3 Å². The number of allylic oxidation sites excluding steroid dienone is 1. The quantitative estimate of drug-likeness (QED) is 0.754. The van der Waals surface area contributed by atoms with Gasteiger partial charge in [0.05, 0.1) is 12.3 Å². The molecular formula is C14H17NO3. The van der Waals surface area contributed by atoms with Crippen LogP contribution in [-0.2, 0) is 16.1 Å². The van der Waals surface area contributed by atoms with E-state index in [-0.39, 0.29) is 5.78 Å². The van der Waals surface area contributed by atoms with Crippen molar-refractivity contribution in [3.8, 4) is 5.75 Å². The molecule has 0 fully saturated rings. The molecule has 0 unspecified atom stereocenters. The minimum Gasteiger partial charge on any atom is -0.461 e. The van der Waals surface area contributed by atoms with Crippen LogP contribution >= 0.6 is 0 Å². The fraction of sp³-hybridized carbons (Fsp3) is 0.429.